The highest BCUT2D eigenvalue weighted by atomic mass is 127. The molecule has 0 aliphatic carbocycles. The van der Waals surface area contributed by atoms with Crippen LogP contribution >= 0.6 is 28.4 Å². The fourth-order valence-electron chi connectivity index (χ4n) is 0.528. The first-order chi connectivity index (χ1) is 4.24. The molecule has 0 saturated heterocycles. The van der Waals surface area contributed by atoms with Crippen molar-refractivity contribution in [1.29, 1.82) is 0 Å². The number of aromatic amines is 1. The van der Waals surface area contributed by atoms with Crippen LogP contribution in [-0.4, -0.2) is 9.55 Å². The van der Waals surface area contributed by atoms with Gasteiger partial charge in [0.05, 0.1) is 6.37 Å². The Kier molecular flexibility index (Phi) is 2.29. The smallest absolute Gasteiger partial charge is 0.267 e. The molecular formula is C4H6IN2OP. The Morgan fingerprint density at radius 2 is 2.56 bits per heavy atom. The van der Waals surface area contributed by atoms with Crippen molar-refractivity contribution in [2.45, 2.75) is 6.92 Å². The van der Waals surface area contributed by atoms with Crippen LogP contribution in [0.25, 0.3) is 0 Å². The SMILES string of the molecule is Cc1cn(PI)[nH]c1=O. The van der Waals surface area contributed by atoms with Gasteiger partial charge in [0.25, 0.3) is 5.56 Å². The molecule has 0 fully saturated rings. The van der Waals surface area contributed by atoms with Crippen LogP contribution in [0.3, 0.4) is 0 Å². The number of nitrogens with one attached hydrogen (secondary N) is 1. The van der Waals surface area contributed by atoms with E-state index in [9.17, 15) is 4.79 Å². The fraction of sp³-hybridized carbons (Fsp3) is 0.250. The van der Waals surface area contributed by atoms with Crippen molar-refractivity contribution < 1.29 is 0 Å². The number of aromatic nitrogens is 2. The number of halogens is 1. The molecule has 1 aromatic heterocycles. The number of hydrogen-bond donors (Lipinski definition) is 1. The van der Waals surface area contributed by atoms with Gasteiger partial charge in [0.1, 0.15) is 0 Å². The number of rotatable bonds is 1. The first kappa shape index (κ1) is 7.28. The third kappa shape index (κ3) is 1.55. The second-order valence-corrected chi connectivity index (χ2v) is 3.81. The first-order valence-electron chi connectivity index (χ1n) is 2.39. The lowest BCUT2D eigenvalue weighted by Crippen LogP contribution is -2.01. The van der Waals surface area contributed by atoms with Crippen LogP contribution in [0.1, 0.15) is 5.56 Å². The van der Waals surface area contributed by atoms with Gasteiger partial charge >= 0.3 is 0 Å². The van der Waals surface area contributed by atoms with E-state index < -0.39 is 0 Å². The summed E-state index contributed by atoms with van der Waals surface area (Å²) in [6.45, 7) is 1.80. The molecule has 3 nitrogen and oxygen atoms in total. The van der Waals surface area contributed by atoms with Gasteiger partial charge in [-0.25, -0.2) is 0 Å². The molecule has 5 heteroatoms. The summed E-state index contributed by atoms with van der Waals surface area (Å²) >= 11 is 2.20. The zero-order chi connectivity index (χ0) is 6.85. The highest BCUT2D eigenvalue weighted by Crippen LogP contribution is 2.20. The normalized spacial score (nSPS) is 11.3. The summed E-state index contributed by atoms with van der Waals surface area (Å²) in [6.07, 6.45) is 2.39. The molecule has 1 aromatic rings. The van der Waals surface area contributed by atoms with Crippen LogP contribution in [0.5, 0.6) is 0 Å². The predicted molar refractivity (Wildman–Crippen MR) is 47.5 cm³/mol. The van der Waals surface area contributed by atoms with Crippen molar-refractivity contribution in [3.8, 4) is 0 Å². The minimum atomic E-state index is 0.0131. The van der Waals surface area contributed by atoms with Crippen molar-refractivity contribution in [3.05, 3.63) is 22.1 Å². The summed E-state index contributed by atoms with van der Waals surface area (Å²) < 4.78 is 1.78. The number of aryl methyl sites for hydroxylation is 1. The van der Waals surface area contributed by atoms with Crippen molar-refractivity contribution in [2.24, 2.45) is 0 Å². The average Bonchev–Trinajstić information content (AvgIpc) is 2.13. The van der Waals surface area contributed by atoms with E-state index in [4.69, 9.17) is 0 Å². The Hall–Kier alpha value is 0.170. The second-order valence-electron chi connectivity index (χ2n) is 1.71. The Morgan fingerprint density at radius 1 is 1.89 bits per heavy atom. The number of H-pyrrole nitrogens is 1. The lowest BCUT2D eigenvalue weighted by molar-refractivity contribution is 0.984. The minimum absolute atomic E-state index is 0.0131. The quantitative estimate of drug-likeness (QED) is 0.596. The largest absolute Gasteiger partial charge is 0.268 e. The summed E-state index contributed by atoms with van der Waals surface area (Å²) in [5.41, 5.74) is 0.790. The fourth-order valence-corrected chi connectivity index (χ4v) is 1.69. The molecule has 1 atom stereocenters. The monoisotopic (exact) mass is 256 g/mol. The summed E-state index contributed by atoms with van der Waals surface area (Å²) in [5, 5.41) is 2.66. The summed E-state index contributed by atoms with van der Waals surface area (Å²) in [6, 6.07) is 0. The maximum absolute atomic E-state index is 10.7. The Bertz CT molecular complexity index is 253. The summed E-state index contributed by atoms with van der Waals surface area (Å²) in [7, 11) is 0. The Balaban J connectivity index is 3.13. The molecule has 0 radical (unpaired) electrons. The van der Waals surface area contributed by atoms with Crippen LogP contribution in [0.15, 0.2) is 11.0 Å². The van der Waals surface area contributed by atoms with E-state index in [1.54, 1.807) is 11.4 Å². The van der Waals surface area contributed by atoms with Gasteiger partial charge < -0.3 is 0 Å². The molecule has 0 amide bonds. The maximum Gasteiger partial charge on any atom is 0.267 e. The van der Waals surface area contributed by atoms with Crippen LogP contribution < -0.4 is 5.56 Å². The molecule has 0 spiro atoms. The molecular weight excluding hydrogens is 250 g/mol. The van der Waals surface area contributed by atoms with Crippen LogP contribution in [0.2, 0.25) is 0 Å². The third-order valence-corrected chi connectivity index (χ3v) is 2.98. The van der Waals surface area contributed by atoms with Gasteiger partial charge in [-0.3, -0.25) is 14.3 Å². The highest BCUT2D eigenvalue weighted by molar-refractivity contribution is 14.2. The van der Waals surface area contributed by atoms with Crippen LogP contribution in [0.4, 0.5) is 0 Å². The molecule has 0 aliphatic heterocycles. The number of nitrogens with zero attached hydrogens (tertiary/aromatic N) is 1. The molecule has 0 aromatic carbocycles. The lowest BCUT2D eigenvalue weighted by Gasteiger charge is -1.88. The van der Waals surface area contributed by atoms with E-state index >= 15 is 0 Å². The van der Waals surface area contributed by atoms with Gasteiger partial charge in [-0.1, -0.05) is 0 Å². The van der Waals surface area contributed by atoms with Gasteiger partial charge in [-0.15, -0.1) is 0 Å². The van der Waals surface area contributed by atoms with Crippen molar-refractivity contribution in [3.63, 3.8) is 0 Å². The standard InChI is InChI=1S/C4H6IN2OP/c1-3-2-7(9-5)6-4(3)8/h2,9H,1H3,(H,6,8). The molecule has 1 N–H and O–H groups in total. The molecule has 1 heterocycles. The molecule has 0 aliphatic rings. The third-order valence-electron chi connectivity index (χ3n) is 0.994. The number of hydrogen-bond acceptors (Lipinski definition) is 1. The van der Waals surface area contributed by atoms with Gasteiger partial charge in [0, 0.05) is 11.8 Å². The molecule has 0 bridgehead atoms. The van der Waals surface area contributed by atoms with E-state index in [1.807, 2.05) is 6.20 Å². The molecule has 50 valence electrons. The summed E-state index contributed by atoms with van der Waals surface area (Å²) in [5.74, 6) is 0. The molecule has 1 rings (SSSR count). The van der Waals surface area contributed by atoms with Crippen LogP contribution in [0, 0.1) is 6.92 Å². The molecule has 1 unspecified atom stereocenters. The van der Waals surface area contributed by atoms with E-state index in [1.165, 1.54) is 0 Å². The van der Waals surface area contributed by atoms with E-state index in [-0.39, 0.29) is 5.56 Å². The molecule has 0 saturated carbocycles. The average molecular weight is 256 g/mol. The zero-order valence-electron chi connectivity index (χ0n) is 4.81. The minimum Gasteiger partial charge on any atom is -0.268 e. The van der Waals surface area contributed by atoms with Crippen LogP contribution in [-0.2, 0) is 0 Å². The van der Waals surface area contributed by atoms with E-state index in [0.29, 0.717) is 6.37 Å². The predicted octanol–water partition coefficient (Wildman–Crippen LogP) is 1.28. The highest BCUT2D eigenvalue weighted by Gasteiger charge is 1.94. The van der Waals surface area contributed by atoms with Crippen molar-refractivity contribution >= 4 is 28.4 Å². The molecule has 9 heavy (non-hydrogen) atoms. The topological polar surface area (TPSA) is 37.8 Å². The Labute approximate surface area is 67.1 Å². The van der Waals surface area contributed by atoms with Crippen molar-refractivity contribution in [1.82, 2.24) is 9.55 Å². The maximum atomic E-state index is 10.7. The van der Waals surface area contributed by atoms with Gasteiger partial charge in [-0.05, 0) is 29.0 Å². The first-order valence-corrected chi connectivity index (χ1v) is 6.45. The van der Waals surface area contributed by atoms with E-state index in [2.05, 4.69) is 27.1 Å². The Morgan fingerprint density at radius 3 is 2.78 bits per heavy atom. The van der Waals surface area contributed by atoms with Gasteiger partial charge in [-0.2, -0.15) is 0 Å². The van der Waals surface area contributed by atoms with Gasteiger partial charge in [0.15, 0.2) is 0 Å². The van der Waals surface area contributed by atoms with E-state index in [0.717, 1.165) is 5.56 Å². The lowest BCUT2D eigenvalue weighted by atomic mass is 10.4. The van der Waals surface area contributed by atoms with Gasteiger partial charge in [0.2, 0.25) is 0 Å². The zero-order valence-corrected chi connectivity index (χ0v) is 7.97. The second kappa shape index (κ2) is 2.84. The summed E-state index contributed by atoms with van der Waals surface area (Å²) in [4.78, 5) is 10.7. The van der Waals surface area contributed by atoms with Crippen molar-refractivity contribution in [2.75, 3.05) is 0 Å².